The van der Waals surface area contributed by atoms with E-state index in [4.69, 9.17) is 23.4 Å². The van der Waals surface area contributed by atoms with Gasteiger partial charge in [-0.3, -0.25) is 14.5 Å². The molecule has 2 amide bonds. The molecular weight excluding hydrogens is 667 g/mol. The molecule has 2 aliphatic heterocycles. The van der Waals surface area contributed by atoms with E-state index in [-0.39, 0.29) is 41.9 Å². The molecular formula is C40H47NO9Si. The van der Waals surface area contributed by atoms with Crippen molar-refractivity contribution in [2.45, 2.75) is 95.9 Å². The number of carbonyl (C=O) groups excluding carboxylic acids is 3. The summed E-state index contributed by atoms with van der Waals surface area (Å²) in [5.74, 6) is -1.37. The molecule has 1 aliphatic carbocycles. The van der Waals surface area contributed by atoms with Crippen LogP contribution >= 0.6 is 0 Å². The molecule has 3 aromatic rings. The Hall–Kier alpha value is -4.13. The highest BCUT2D eigenvalue weighted by Crippen LogP contribution is 2.45. The zero-order valence-corrected chi connectivity index (χ0v) is 31.3. The third-order valence-electron chi connectivity index (χ3n) is 10.8. The molecule has 2 heterocycles. The number of amides is 2. The predicted molar refractivity (Wildman–Crippen MR) is 193 cm³/mol. The minimum atomic E-state index is -2.65. The van der Waals surface area contributed by atoms with Crippen LogP contribution in [0.25, 0.3) is 11.1 Å². The number of fused-ring (bicyclic) bond motifs is 3. The first-order valence-electron chi connectivity index (χ1n) is 17.4. The third-order valence-corrected chi connectivity index (χ3v) is 15.2. The fourth-order valence-corrected chi connectivity index (χ4v) is 7.79. The molecule has 0 radical (unpaired) electrons. The van der Waals surface area contributed by atoms with Crippen LogP contribution in [-0.2, 0) is 39.6 Å². The van der Waals surface area contributed by atoms with Gasteiger partial charge in [0.1, 0.15) is 24.9 Å². The maximum Gasteiger partial charge on any atom is 0.508 e. The summed E-state index contributed by atoms with van der Waals surface area (Å²) < 4.78 is 31.0. The van der Waals surface area contributed by atoms with Crippen molar-refractivity contribution in [3.8, 4) is 11.1 Å². The van der Waals surface area contributed by atoms with Gasteiger partial charge in [0.25, 0.3) is 11.8 Å². The Bertz CT molecular complexity index is 1750. The van der Waals surface area contributed by atoms with Gasteiger partial charge in [-0.2, -0.15) is 0 Å². The molecule has 0 bridgehead atoms. The number of ether oxygens (including phenoxy) is 4. The van der Waals surface area contributed by atoms with Crippen LogP contribution in [-0.4, -0.2) is 80.2 Å². The fourth-order valence-electron chi connectivity index (χ4n) is 6.66. The molecule has 3 aliphatic rings. The average Bonchev–Trinajstić information content (AvgIpc) is 3.51. The van der Waals surface area contributed by atoms with Gasteiger partial charge in [-0.05, 0) is 59.8 Å². The molecule has 1 N–H and O–H groups in total. The van der Waals surface area contributed by atoms with Crippen molar-refractivity contribution >= 4 is 26.3 Å². The van der Waals surface area contributed by atoms with Crippen molar-refractivity contribution in [3.63, 3.8) is 0 Å². The van der Waals surface area contributed by atoms with Gasteiger partial charge in [0.2, 0.25) is 0 Å². The Balaban J connectivity index is 1.30. The summed E-state index contributed by atoms with van der Waals surface area (Å²) in [5.41, 5.74) is 5.64. The smallest absolute Gasteiger partial charge is 0.433 e. The summed E-state index contributed by atoms with van der Waals surface area (Å²) in [6.07, 6.45) is -6.29. The summed E-state index contributed by atoms with van der Waals surface area (Å²) in [5, 5.41) is 11.6. The highest BCUT2D eigenvalue weighted by molar-refractivity contribution is 6.74. The summed E-state index contributed by atoms with van der Waals surface area (Å²) in [4.78, 5) is 42.1. The summed E-state index contributed by atoms with van der Waals surface area (Å²) in [6, 6.07) is 24.2. The molecule has 51 heavy (non-hydrogen) atoms. The van der Waals surface area contributed by atoms with Crippen LogP contribution in [0.1, 0.15) is 57.2 Å². The van der Waals surface area contributed by atoms with Crippen LogP contribution in [0.2, 0.25) is 18.1 Å². The number of benzene rings is 3. The van der Waals surface area contributed by atoms with Crippen molar-refractivity contribution in [1.29, 1.82) is 0 Å². The van der Waals surface area contributed by atoms with Gasteiger partial charge < -0.3 is 28.5 Å². The monoisotopic (exact) mass is 713 g/mol. The Morgan fingerprint density at radius 2 is 1.39 bits per heavy atom. The van der Waals surface area contributed by atoms with Crippen molar-refractivity contribution in [1.82, 2.24) is 4.90 Å². The first-order chi connectivity index (χ1) is 24.2. The standard InChI is InChI=1S/C40H47NO9Si/c1-24-25(2)37(44)41(36(24)43)33-35(49-39(45)47-22-31-29-19-13-11-17-27(29)28-18-12-14-20-30(28)31)34(42)32(23-46-21-26-15-9-8-10-16-26)48-38(33)50-51(6,7)40(3,4)5/h8-20,31-35,38,42H,21-23H2,1-7H3/t32-,33-,34-,35-,38+/m1/s1. The highest BCUT2D eigenvalue weighted by Gasteiger charge is 2.57. The molecule has 1 saturated heterocycles. The van der Waals surface area contributed by atoms with Crippen LogP contribution in [0.15, 0.2) is 90.0 Å². The van der Waals surface area contributed by atoms with E-state index in [1.807, 2.05) is 92.0 Å². The predicted octanol–water partition coefficient (Wildman–Crippen LogP) is 6.72. The van der Waals surface area contributed by atoms with Crippen LogP contribution in [0, 0.1) is 0 Å². The summed E-state index contributed by atoms with van der Waals surface area (Å²) in [7, 11) is -2.65. The molecule has 0 aromatic heterocycles. The van der Waals surface area contributed by atoms with Crippen molar-refractivity contribution in [2.75, 3.05) is 13.2 Å². The molecule has 6 rings (SSSR count). The van der Waals surface area contributed by atoms with Gasteiger partial charge in [0, 0.05) is 17.1 Å². The van der Waals surface area contributed by atoms with E-state index in [9.17, 15) is 19.5 Å². The van der Waals surface area contributed by atoms with E-state index in [0.717, 1.165) is 32.7 Å². The van der Waals surface area contributed by atoms with Crippen LogP contribution in [0.3, 0.4) is 0 Å². The quantitative estimate of drug-likeness (QED) is 0.139. The average molecular weight is 714 g/mol. The molecule has 270 valence electrons. The Morgan fingerprint density at radius 1 is 0.843 bits per heavy atom. The van der Waals surface area contributed by atoms with Crippen molar-refractivity contribution < 1.29 is 42.9 Å². The minimum Gasteiger partial charge on any atom is -0.433 e. The SMILES string of the molecule is CC1=C(C)C(=O)N([C@H]2[C@H](O[Si](C)(C)C(C)(C)C)O[C@H](COCc3ccccc3)[C@@H](O)[C@@H]2OC(=O)OCC2c3ccccc3-c3ccccc32)C1=O. The van der Waals surface area contributed by atoms with E-state index in [0.29, 0.717) is 0 Å². The van der Waals surface area contributed by atoms with Crippen LogP contribution in [0.4, 0.5) is 4.79 Å². The largest absolute Gasteiger partial charge is 0.508 e. The van der Waals surface area contributed by atoms with Crippen molar-refractivity contribution in [3.05, 3.63) is 107 Å². The topological polar surface area (TPSA) is 121 Å². The third kappa shape index (κ3) is 7.18. The van der Waals surface area contributed by atoms with E-state index in [1.54, 1.807) is 13.8 Å². The molecule has 1 fully saturated rings. The number of imide groups is 1. The number of rotatable bonds is 10. The van der Waals surface area contributed by atoms with Gasteiger partial charge in [0.15, 0.2) is 20.7 Å². The normalized spacial score (nSPS) is 23.8. The number of aliphatic hydroxyl groups excluding tert-OH is 1. The first kappa shape index (κ1) is 36.7. The second kappa shape index (κ2) is 14.5. The molecule has 0 unspecified atom stereocenters. The lowest BCUT2D eigenvalue weighted by Gasteiger charge is -2.49. The van der Waals surface area contributed by atoms with E-state index >= 15 is 0 Å². The Labute approximate surface area is 300 Å². The second-order valence-corrected chi connectivity index (χ2v) is 19.8. The zero-order chi connectivity index (χ0) is 36.7. The van der Waals surface area contributed by atoms with E-state index in [1.165, 1.54) is 0 Å². The lowest BCUT2D eigenvalue weighted by Crippen LogP contribution is -2.68. The molecule has 10 nitrogen and oxygen atoms in total. The molecule has 11 heteroatoms. The lowest BCUT2D eigenvalue weighted by molar-refractivity contribution is -0.266. The van der Waals surface area contributed by atoms with Gasteiger partial charge in [-0.1, -0.05) is 99.6 Å². The maximum atomic E-state index is 13.7. The number of nitrogens with zero attached hydrogens (tertiary/aromatic N) is 1. The Morgan fingerprint density at radius 3 is 1.96 bits per heavy atom. The Kier molecular flexibility index (Phi) is 10.4. The van der Waals surface area contributed by atoms with Crippen LogP contribution in [0.5, 0.6) is 0 Å². The van der Waals surface area contributed by atoms with E-state index in [2.05, 4.69) is 20.8 Å². The van der Waals surface area contributed by atoms with Gasteiger partial charge >= 0.3 is 6.16 Å². The molecule has 3 aromatic carbocycles. The van der Waals surface area contributed by atoms with Gasteiger partial charge in [-0.15, -0.1) is 0 Å². The van der Waals surface area contributed by atoms with Crippen LogP contribution < -0.4 is 0 Å². The lowest BCUT2D eigenvalue weighted by atomic mass is 9.95. The second-order valence-electron chi connectivity index (χ2n) is 15.0. The fraction of sp³-hybridized carbons (Fsp3) is 0.425. The molecule has 0 saturated carbocycles. The minimum absolute atomic E-state index is 0.0221. The molecule has 5 atom stereocenters. The molecule has 0 spiro atoms. The summed E-state index contributed by atoms with van der Waals surface area (Å²) >= 11 is 0. The summed E-state index contributed by atoms with van der Waals surface area (Å²) in [6.45, 7) is 13.5. The number of hydrogen-bond acceptors (Lipinski definition) is 9. The first-order valence-corrected chi connectivity index (χ1v) is 20.3. The zero-order valence-electron chi connectivity index (χ0n) is 30.3. The number of hydrogen-bond donors (Lipinski definition) is 1. The van der Waals surface area contributed by atoms with E-state index < -0.39 is 56.9 Å². The van der Waals surface area contributed by atoms with Crippen molar-refractivity contribution in [2.24, 2.45) is 0 Å². The highest BCUT2D eigenvalue weighted by atomic mass is 28.4. The number of carbonyl (C=O) groups is 3. The van der Waals surface area contributed by atoms with Gasteiger partial charge in [-0.25, -0.2) is 4.79 Å². The maximum absolute atomic E-state index is 13.7. The van der Waals surface area contributed by atoms with Gasteiger partial charge in [0.05, 0.1) is 13.2 Å². The number of aliphatic hydroxyl groups is 1.